The van der Waals surface area contributed by atoms with E-state index in [9.17, 15) is 18.8 Å². The van der Waals surface area contributed by atoms with E-state index in [1.54, 1.807) is 12.1 Å². The molecule has 37 heavy (non-hydrogen) atoms. The van der Waals surface area contributed by atoms with E-state index in [1.807, 2.05) is 42.5 Å². The summed E-state index contributed by atoms with van der Waals surface area (Å²) in [7, 11) is 0. The number of nitrogens with one attached hydrogen (secondary N) is 1. The summed E-state index contributed by atoms with van der Waals surface area (Å²) in [5.74, 6) is -1.79. The van der Waals surface area contributed by atoms with Crippen molar-refractivity contribution in [2.75, 3.05) is 4.90 Å². The molecule has 0 aromatic heterocycles. The first-order valence-electron chi connectivity index (χ1n) is 11.1. The molecule has 0 radical (unpaired) electrons. The highest BCUT2D eigenvalue weighted by Crippen LogP contribution is 2.36. The zero-order valence-corrected chi connectivity index (χ0v) is 22.2. The number of halogens is 3. The molecular weight excluding hydrogens is 607 g/mol. The van der Waals surface area contributed by atoms with Crippen LogP contribution in [0.1, 0.15) is 11.1 Å². The summed E-state index contributed by atoms with van der Waals surface area (Å²) in [5, 5.41) is 4.30. The van der Waals surface area contributed by atoms with Crippen LogP contribution in [0.4, 0.5) is 14.9 Å². The van der Waals surface area contributed by atoms with Gasteiger partial charge in [-0.05, 0) is 74.7 Å². The van der Waals surface area contributed by atoms with Gasteiger partial charge in [0.25, 0.3) is 11.8 Å². The van der Waals surface area contributed by atoms with Gasteiger partial charge in [-0.1, -0.05) is 58.4 Å². The molecule has 4 aromatic carbocycles. The van der Waals surface area contributed by atoms with Gasteiger partial charge >= 0.3 is 6.03 Å². The van der Waals surface area contributed by atoms with Crippen molar-refractivity contribution in [1.29, 1.82) is 0 Å². The van der Waals surface area contributed by atoms with E-state index in [2.05, 4.69) is 37.2 Å². The first-order valence-corrected chi connectivity index (χ1v) is 12.7. The second kappa shape index (κ2) is 10.3. The van der Waals surface area contributed by atoms with E-state index < -0.39 is 23.7 Å². The zero-order valence-electron chi connectivity index (χ0n) is 19.0. The maximum atomic E-state index is 13.4. The van der Waals surface area contributed by atoms with E-state index in [0.29, 0.717) is 20.3 Å². The van der Waals surface area contributed by atoms with Crippen molar-refractivity contribution >= 4 is 72.2 Å². The molecule has 4 aromatic rings. The lowest BCUT2D eigenvalue weighted by Crippen LogP contribution is -2.54. The number of imide groups is 2. The second-order valence-corrected chi connectivity index (χ2v) is 9.94. The molecule has 0 unspecified atom stereocenters. The van der Waals surface area contributed by atoms with Gasteiger partial charge in [0.05, 0.1) is 10.2 Å². The van der Waals surface area contributed by atoms with Crippen molar-refractivity contribution < 1.29 is 23.5 Å². The standard InChI is InChI=1S/C28H17Br2FN2O4/c29-19-12-18(13-23-26(34)32-28(36)33(27(23)35)21-10-8-20(31)9-11-21)25(24(30)14-19)37-15-17-6-3-5-16-4-1-2-7-22(16)17/h1-14H,15H2,(H,32,34,36)/b23-13+. The first-order chi connectivity index (χ1) is 17.8. The number of hydrogen-bond acceptors (Lipinski definition) is 4. The van der Waals surface area contributed by atoms with Gasteiger partial charge in [-0.15, -0.1) is 0 Å². The lowest BCUT2D eigenvalue weighted by atomic mass is 10.0. The van der Waals surface area contributed by atoms with Crippen LogP contribution in [0.3, 0.4) is 0 Å². The molecule has 6 nitrogen and oxygen atoms in total. The fourth-order valence-electron chi connectivity index (χ4n) is 4.05. The third kappa shape index (κ3) is 5.05. The summed E-state index contributed by atoms with van der Waals surface area (Å²) in [6, 6.07) is 21.3. The summed E-state index contributed by atoms with van der Waals surface area (Å²) < 4.78 is 20.9. The number of anilines is 1. The highest BCUT2D eigenvalue weighted by atomic mass is 79.9. The van der Waals surface area contributed by atoms with E-state index in [0.717, 1.165) is 33.4 Å². The van der Waals surface area contributed by atoms with Gasteiger partial charge < -0.3 is 4.74 Å². The zero-order chi connectivity index (χ0) is 26.1. The third-order valence-corrected chi connectivity index (χ3v) is 6.82. The van der Waals surface area contributed by atoms with Crippen molar-refractivity contribution in [2.24, 2.45) is 0 Å². The van der Waals surface area contributed by atoms with Gasteiger partial charge in [-0.3, -0.25) is 14.9 Å². The van der Waals surface area contributed by atoms with Gasteiger partial charge in [0.2, 0.25) is 0 Å². The third-order valence-electron chi connectivity index (χ3n) is 5.78. The molecule has 0 bridgehead atoms. The van der Waals surface area contributed by atoms with Crippen LogP contribution in [0, 0.1) is 5.82 Å². The van der Waals surface area contributed by atoms with Gasteiger partial charge in [-0.2, -0.15) is 0 Å². The predicted octanol–water partition coefficient (Wildman–Crippen LogP) is 6.75. The number of hydrogen-bond donors (Lipinski definition) is 1. The Labute approximate surface area is 228 Å². The predicted molar refractivity (Wildman–Crippen MR) is 146 cm³/mol. The quantitative estimate of drug-likeness (QED) is 0.197. The van der Waals surface area contributed by atoms with Gasteiger partial charge in [-0.25, -0.2) is 14.1 Å². The molecule has 1 N–H and O–H groups in total. The summed E-state index contributed by atoms with van der Waals surface area (Å²) >= 11 is 6.95. The SMILES string of the molecule is O=C1NC(=O)N(c2ccc(F)cc2)C(=O)/C1=C/c1cc(Br)cc(Br)c1OCc1cccc2ccccc12. The van der Waals surface area contributed by atoms with E-state index in [4.69, 9.17) is 4.74 Å². The molecule has 0 spiro atoms. The Morgan fingerprint density at radius 3 is 2.43 bits per heavy atom. The molecule has 0 atom stereocenters. The maximum Gasteiger partial charge on any atom is 0.335 e. The van der Waals surface area contributed by atoms with Crippen molar-refractivity contribution in [2.45, 2.75) is 6.61 Å². The highest BCUT2D eigenvalue weighted by Gasteiger charge is 2.37. The normalized spacial score (nSPS) is 14.8. The number of nitrogens with zero attached hydrogens (tertiary/aromatic N) is 1. The van der Waals surface area contributed by atoms with Crippen molar-refractivity contribution in [3.05, 3.63) is 110 Å². The minimum absolute atomic E-state index is 0.130. The summed E-state index contributed by atoms with van der Waals surface area (Å²) in [5.41, 5.74) is 1.26. The smallest absolute Gasteiger partial charge is 0.335 e. The molecule has 1 saturated heterocycles. The fourth-order valence-corrected chi connectivity index (χ4v) is 5.42. The average molecular weight is 624 g/mol. The van der Waals surface area contributed by atoms with E-state index >= 15 is 0 Å². The summed E-state index contributed by atoms with van der Waals surface area (Å²) in [6.07, 6.45) is 1.37. The van der Waals surface area contributed by atoms with E-state index in [1.165, 1.54) is 18.2 Å². The number of urea groups is 1. The first kappa shape index (κ1) is 24.9. The Morgan fingerprint density at radius 1 is 0.919 bits per heavy atom. The van der Waals surface area contributed by atoms with Crippen LogP contribution < -0.4 is 15.0 Å². The molecule has 5 rings (SSSR count). The number of ether oxygens (including phenoxy) is 1. The van der Waals surface area contributed by atoms with Gasteiger partial charge in [0, 0.05) is 10.0 Å². The topological polar surface area (TPSA) is 75.7 Å². The number of benzene rings is 4. The molecule has 0 saturated carbocycles. The minimum Gasteiger partial charge on any atom is -0.487 e. The van der Waals surface area contributed by atoms with E-state index in [-0.39, 0.29) is 17.9 Å². The number of barbiturate groups is 1. The lowest BCUT2D eigenvalue weighted by molar-refractivity contribution is -0.122. The molecule has 9 heteroatoms. The maximum absolute atomic E-state index is 13.4. The molecule has 1 fully saturated rings. The van der Waals surface area contributed by atoms with Crippen molar-refractivity contribution in [1.82, 2.24) is 5.32 Å². The molecule has 4 amide bonds. The minimum atomic E-state index is -0.915. The summed E-state index contributed by atoms with van der Waals surface area (Å²) in [4.78, 5) is 39.2. The van der Waals surface area contributed by atoms with Crippen LogP contribution in [-0.2, 0) is 16.2 Å². The molecule has 1 heterocycles. The van der Waals surface area contributed by atoms with Crippen LogP contribution in [0.15, 0.2) is 93.4 Å². The number of rotatable bonds is 5. The molecule has 0 aliphatic carbocycles. The van der Waals surface area contributed by atoms with Crippen LogP contribution in [0.2, 0.25) is 0 Å². The Bertz CT molecular complexity index is 1600. The van der Waals surface area contributed by atoms with Gasteiger partial charge in [0.1, 0.15) is 23.7 Å². The molecule has 1 aliphatic heterocycles. The Balaban J connectivity index is 1.52. The van der Waals surface area contributed by atoms with Crippen LogP contribution in [-0.4, -0.2) is 17.8 Å². The Morgan fingerprint density at radius 2 is 1.65 bits per heavy atom. The highest BCUT2D eigenvalue weighted by molar-refractivity contribution is 9.11. The number of fused-ring (bicyclic) bond motifs is 1. The number of carbonyl (C=O) groups is 3. The van der Waals surface area contributed by atoms with Crippen LogP contribution >= 0.6 is 31.9 Å². The number of amides is 4. The van der Waals surface area contributed by atoms with Crippen molar-refractivity contribution in [3.63, 3.8) is 0 Å². The molecular formula is C28H17Br2FN2O4. The average Bonchev–Trinajstić information content (AvgIpc) is 2.87. The lowest BCUT2D eigenvalue weighted by Gasteiger charge is -2.26. The number of carbonyl (C=O) groups excluding carboxylic acids is 3. The van der Waals surface area contributed by atoms with Crippen LogP contribution in [0.5, 0.6) is 5.75 Å². The second-order valence-electron chi connectivity index (χ2n) is 8.17. The van der Waals surface area contributed by atoms with Crippen LogP contribution in [0.25, 0.3) is 16.8 Å². The Kier molecular flexibility index (Phi) is 6.90. The van der Waals surface area contributed by atoms with Gasteiger partial charge in [0.15, 0.2) is 0 Å². The monoisotopic (exact) mass is 622 g/mol. The molecule has 184 valence electrons. The largest absolute Gasteiger partial charge is 0.487 e. The summed E-state index contributed by atoms with van der Waals surface area (Å²) in [6.45, 7) is 0.234. The molecule has 1 aliphatic rings. The van der Waals surface area contributed by atoms with Crippen molar-refractivity contribution in [3.8, 4) is 5.75 Å². The fraction of sp³-hybridized carbons (Fsp3) is 0.0357. The Hall–Kier alpha value is -3.82.